The van der Waals surface area contributed by atoms with Crippen LogP contribution in [0, 0.1) is 0 Å². The van der Waals surface area contributed by atoms with Gasteiger partial charge >= 0.3 is 51.4 Å². The molecule has 1 rings (SSSR count). The number of phosphoric ester groups is 1. The van der Waals surface area contributed by atoms with E-state index in [1.165, 1.54) is 51.4 Å². The molecule has 1 aromatic rings. The molecule has 0 amide bonds. The monoisotopic (exact) mass is 482 g/mol. The predicted molar refractivity (Wildman–Crippen MR) is 124 cm³/mol. The quantitative estimate of drug-likeness (QED) is 0.191. The first kappa shape index (κ1) is 33.9. The number of benzene rings is 1. The van der Waals surface area contributed by atoms with Crippen LogP contribution < -0.4 is 56.3 Å². The summed E-state index contributed by atoms with van der Waals surface area (Å²) in [5.74, 6) is 0.322. The van der Waals surface area contributed by atoms with E-state index in [0.717, 1.165) is 38.5 Å². The van der Waals surface area contributed by atoms with Crippen LogP contribution in [0.4, 0.5) is 0 Å². The molecule has 0 radical (unpaired) electrons. The molecule has 0 saturated heterocycles. The Labute approximate surface area is 233 Å². The van der Waals surface area contributed by atoms with Crippen molar-refractivity contribution in [2.45, 2.75) is 104 Å². The van der Waals surface area contributed by atoms with Gasteiger partial charge in [-0.15, -0.1) is 0 Å². The number of hydrogen-bond donors (Lipinski definition) is 1. The minimum atomic E-state index is -4.07. The number of aromatic hydroxyl groups is 1. The molecular formula is C24H44KO5P. The van der Waals surface area contributed by atoms with Crippen molar-refractivity contribution in [1.82, 2.24) is 0 Å². The Hall–Kier alpha value is 0.766. The molecule has 0 spiro atoms. The van der Waals surface area contributed by atoms with Crippen molar-refractivity contribution in [3.8, 4) is 5.75 Å². The minimum absolute atomic E-state index is 0. The van der Waals surface area contributed by atoms with Gasteiger partial charge in [-0.2, -0.15) is 0 Å². The van der Waals surface area contributed by atoms with Gasteiger partial charge in [-0.25, -0.2) is 0 Å². The van der Waals surface area contributed by atoms with Gasteiger partial charge in [-0.1, -0.05) is 109 Å². The molecule has 0 bridgehead atoms. The topological polar surface area (TPSA) is 78.8 Å². The average Bonchev–Trinajstić information content (AvgIpc) is 2.73. The predicted octanol–water partition coefficient (Wildman–Crippen LogP) is 4.39. The summed E-state index contributed by atoms with van der Waals surface area (Å²) < 4.78 is 21.4. The minimum Gasteiger partial charge on any atom is -0.756 e. The molecule has 176 valence electrons. The maximum absolute atomic E-state index is 11.6. The number of phosphoric acid groups is 1. The normalized spacial score (nSPS) is 10.8. The van der Waals surface area contributed by atoms with Gasteiger partial charge in [0.2, 0.25) is 0 Å². The molecule has 1 N–H and O–H groups in total. The standard InChI is InChI=1S/C18H39O4P.C6H6O.K/c1-3-5-7-9-11-13-15-17-21-23(19,20)22-18-16-14-12-10-8-6-4-2;7-6-4-2-1-3-5-6;/h3-18H2,1-2H3,(H,19,20);1-5,7H;/q;;+1/p-1. The molecule has 0 fully saturated rings. The summed E-state index contributed by atoms with van der Waals surface area (Å²) >= 11 is 0. The van der Waals surface area contributed by atoms with Crippen molar-refractivity contribution in [1.29, 1.82) is 0 Å². The summed E-state index contributed by atoms with van der Waals surface area (Å²) in [6, 6.07) is 8.71. The molecule has 0 saturated carbocycles. The van der Waals surface area contributed by atoms with E-state index in [2.05, 4.69) is 13.8 Å². The third-order valence-electron chi connectivity index (χ3n) is 4.75. The maximum atomic E-state index is 11.6. The smallest absolute Gasteiger partial charge is 0.756 e. The van der Waals surface area contributed by atoms with Crippen LogP contribution in [-0.2, 0) is 13.6 Å². The second-order valence-electron chi connectivity index (χ2n) is 7.69. The number of para-hydroxylation sites is 1. The van der Waals surface area contributed by atoms with Crippen LogP contribution in [0.5, 0.6) is 5.75 Å². The summed E-state index contributed by atoms with van der Waals surface area (Å²) in [6.07, 6.45) is 16.1. The Morgan fingerprint density at radius 1 is 0.710 bits per heavy atom. The number of unbranched alkanes of at least 4 members (excludes halogenated alkanes) is 12. The largest absolute Gasteiger partial charge is 1.00 e. The molecule has 0 aromatic heterocycles. The molecule has 0 aliphatic heterocycles. The van der Waals surface area contributed by atoms with Gasteiger partial charge in [0.1, 0.15) is 5.75 Å². The van der Waals surface area contributed by atoms with Crippen molar-refractivity contribution in [3.63, 3.8) is 0 Å². The molecule has 0 heterocycles. The van der Waals surface area contributed by atoms with E-state index in [9.17, 15) is 9.46 Å². The Bertz CT molecular complexity index is 492. The van der Waals surface area contributed by atoms with E-state index in [1.54, 1.807) is 24.3 Å². The fraction of sp³-hybridized carbons (Fsp3) is 0.750. The third-order valence-corrected chi connectivity index (χ3v) is 5.75. The summed E-state index contributed by atoms with van der Waals surface area (Å²) in [4.78, 5) is 11.6. The number of hydrogen-bond acceptors (Lipinski definition) is 5. The Kier molecular flexibility index (Phi) is 27.8. The first-order valence-electron chi connectivity index (χ1n) is 11.9. The van der Waals surface area contributed by atoms with Gasteiger partial charge in [-0.3, -0.25) is 4.57 Å². The fourth-order valence-corrected chi connectivity index (χ4v) is 3.72. The van der Waals surface area contributed by atoms with Crippen molar-refractivity contribution in [3.05, 3.63) is 30.3 Å². The Morgan fingerprint density at radius 2 is 1.06 bits per heavy atom. The molecular weight excluding hydrogens is 438 g/mol. The fourth-order valence-electron chi connectivity index (χ4n) is 2.94. The first-order chi connectivity index (χ1) is 14.5. The second kappa shape index (κ2) is 25.4. The zero-order chi connectivity index (χ0) is 22.3. The van der Waals surface area contributed by atoms with Gasteiger partial charge in [0.05, 0.1) is 13.2 Å². The van der Waals surface area contributed by atoms with E-state index in [0.29, 0.717) is 5.75 Å². The molecule has 0 atom stereocenters. The summed E-state index contributed by atoms with van der Waals surface area (Å²) in [5, 5.41) is 8.63. The second-order valence-corrected chi connectivity index (χ2v) is 9.10. The molecule has 7 heteroatoms. The van der Waals surface area contributed by atoms with Crippen LogP contribution >= 0.6 is 7.82 Å². The number of phenols is 1. The molecule has 31 heavy (non-hydrogen) atoms. The van der Waals surface area contributed by atoms with Crippen molar-refractivity contribution in [2.75, 3.05) is 13.2 Å². The number of phenolic OH excluding ortho intramolecular Hbond substituents is 1. The van der Waals surface area contributed by atoms with Crippen LogP contribution in [0.25, 0.3) is 0 Å². The van der Waals surface area contributed by atoms with Gasteiger partial charge in [0, 0.05) is 0 Å². The SMILES string of the molecule is CCCCCCCCCOP(=O)([O-])OCCCCCCCCC.Oc1ccccc1.[K+]. The van der Waals surface area contributed by atoms with Crippen molar-refractivity contribution >= 4 is 7.82 Å². The van der Waals surface area contributed by atoms with Crippen LogP contribution in [-0.4, -0.2) is 18.3 Å². The molecule has 0 aliphatic rings. The van der Waals surface area contributed by atoms with Crippen LogP contribution in [0.2, 0.25) is 0 Å². The van der Waals surface area contributed by atoms with E-state index >= 15 is 0 Å². The summed E-state index contributed by atoms with van der Waals surface area (Å²) in [6.45, 7) is 4.91. The maximum Gasteiger partial charge on any atom is 1.00 e. The van der Waals surface area contributed by atoms with Gasteiger partial charge < -0.3 is 19.0 Å². The first-order valence-corrected chi connectivity index (χ1v) is 13.3. The molecule has 5 nitrogen and oxygen atoms in total. The zero-order valence-electron chi connectivity index (χ0n) is 20.2. The van der Waals surface area contributed by atoms with E-state index in [4.69, 9.17) is 14.2 Å². The van der Waals surface area contributed by atoms with Gasteiger partial charge in [0.15, 0.2) is 0 Å². The molecule has 0 unspecified atom stereocenters. The van der Waals surface area contributed by atoms with E-state index < -0.39 is 7.82 Å². The Morgan fingerprint density at radius 3 is 1.39 bits per heavy atom. The molecule has 1 aromatic carbocycles. The molecule has 0 aliphatic carbocycles. The average molecular weight is 483 g/mol. The zero-order valence-corrected chi connectivity index (χ0v) is 24.2. The van der Waals surface area contributed by atoms with Crippen molar-refractivity contribution in [2.24, 2.45) is 0 Å². The van der Waals surface area contributed by atoms with Crippen LogP contribution in [0.3, 0.4) is 0 Å². The Balaban J connectivity index is 0. The van der Waals surface area contributed by atoms with Gasteiger partial charge in [-0.05, 0) is 25.0 Å². The summed E-state index contributed by atoms with van der Waals surface area (Å²) in [7, 11) is -4.07. The summed E-state index contributed by atoms with van der Waals surface area (Å²) in [5.41, 5.74) is 0. The van der Waals surface area contributed by atoms with E-state index in [-0.39, 0.29) is 64.6 Å². The van der Waals surface area contributed by atoms with E-state index in [1.807, 2.05) is 6.07 Å². The third kappa shape index (κ3) is 26.9. The van der Waals surface area contributed by atoms with Gasteiger partial charge in [0.25, 0.3) is 7.82 Å². The van der Waals surface area contributed by atoms with Crippen molar-refractivity contribution < 1.29 is 75.0 Å². The van der Waals surface area contributed by atoms with Crippen LogP contribution in [0.1, 0.15) is 104 Å². The number of rotatable bonds is 18. The van der Waals surface area contributed by atoms with Crippen LogP contribution in [0.15, 0.2) is 30.3 Å².